The number of para-hydroxylation sites is 1. The number of nitrogens with zero attached hydrogens (tertiary/aromatic N) is 3. The molecular weight excluding hydrogens is 374 g/mol. The van der Waals surface area contributed by atoms with Crippen LogP contribution in [0.1, 0.15) is 23.1 Å². The number of rotatable bonds is 8. The van der Waals surface area contributed by atoms with Gasteiger partial charge in [0.05, 0.1) is 0 Å². The number of aryl methyl sites for hydroxylation is 1. The summed E-state index contributed by atoms with van der Waals surface area (Å²) in [5.41, 5.74) is 6.81. The number of carbonyl (C=O) groups is 2. The Morgan fingerprint density at radius 3 is 2.36 bits per heavy atom. The molecule has 1 atom stereocenters. The highest BCUT2D eigenvalue weighted by atomic mass is 32.2. The first-order valence-corrected chi connectivity index (χ1v) is 9.66. The van der Waals surface area contributed by atoms with E-state index in [1.165, 1.54) is 11.8 Å². The SMILES string of the molecule is Cn1c(CCC(N)=O)nnc1S[C@H](C(=O)Nc1ccccc1)c1ccccc1. The molecule has 0 saturated heterocycles. The van der Waals surface area contributed by atoms with E-state index in [9.17, 15) is 9.59 Å². The molecule has 144 valence electrons. The predicted octanol–water partition coefficient (Wildman–Crippen LogP) is 2.71. The Bertz CT molecular complexity index is 944. The standard InChI is InChI=1S/C20H21N5O2S/c1-25-17(13-12-16(21)26)23-24-20(25)28-18(14-8-4-2-5-9-14)19(27)22-15-10-6-3-7-11-15/h2-11,18H,12-13H2,1H3,(H2,21,26)(H,22,27)/t18-/m0/s1. The number of primary amides is 1. The summed E-state index contributed by atoms with van der Waals surface area (Å²) < 4.78 is 1.79. The summed E-state index contributed by atoms with van der Waals surface area (Å²) in [6, 6.07) is 18.8. The zero-order valence-corrected chi connectivity index (χ0v) is 16.2. The van der Waals surface area contributed by atoms with Crippen LogP contribution in [0, 0.1) is 0 Å². The first-order chi connectivity index (χ1) is 13.5. The second-order valence-electron chi connectivity index (χ2n) is 6.19. The van der Waals surface area contributed by atoms with E-state index in [2.05, 4.69) is 15.5 Å². The summed E-state index contributed by atoms with van der Waals surface area (Å²) in [5, 5.41) is 11.4. The lowest BCUT2D eigenvalue weighted by atomic mass is 10.1. The Kier molecular flexibility index (Phi) is 6.44. The van der Waals surface area contributed by atoms with E-state index in [4.69, 9.17) is 5.73 Å². The van der Waals surface area contributed by atoms with E-state index < -0.39 is 5.25 Å². The van der Waals surface area contributed by atoms with Crippen LogP contribution < -0.4 is 11.1 Å². The largest absolute Gasteiger partial charge is 0.370 e. The van der Waals surface area contributed by atoms with Gasteiger partial charge in [0.15, 0.2) is 5.16 Å². The molecule has 0 aliphatic carbocycles. The number of carbonyl (C=O) groups excluding carboxylic acids is 2. The maximum Gasteiger partial charge on any atom is 0.242 e. The topological polar surface area (TPSA) is 103 Å². The van der Waals surface area contributed by atoms with Gasteiger partial charge in [-0.2, -0.15) is 0 Å². The first kappa shape index (κ1) is 19.6. The van der Waals surface area contributed by atoms with Crippen LogP contribution in [0.15, 0.2) is 65.8 Å². The van der Waals surface area contributed by atoms with Gasteiger partial charge in [-0.25, -0.2) is 0 Å². The summed E-state index contributed by atoms with van der Waals surface area (Å²) in [4.78, 5) is 24.0. The maximum atomic E-state index is 13.0. The third kappa shape index (κ3) is 4.98. The number of thioether (sulfide) groups is 1. The highest BCUT2D eigenvalue weighted by Gasteiger charge is 2.25. The van der Waals surface area contributed by atoms with Gasteiger partial charge in [-0.1, -0.05) is 60.3 Å². The summed E-state index contributed by atoms with van der Waals surface area (Å²) in [6.07, 6.45) is 0.610. The lowest BCUT2D eigenvalue weighted by Crippen LogP contribution is -2.19. The van der Waals surface area contributed by atoms with Crippen LogP contribution in [0.5, 0.6) is 0 Å². The van der Waals surface area contributed by atoms with Crippen LogP contribution in [0.4, 0.5) is 5.69 Å². The van der Waals surface area contributed by atoms with Crippen molar-refractivity contribution < 1.29 is 9.59 Å². The molecule has 8 heteroatoms. The van der Waals surface area contributed by atoms with Crippen molar-refractivity contribution in [2.45, 2.75) is 23.2 Å². The smallest absolute Gasteiger partial charge is 0.242 e. The molecule has 2 aromatic carbocycles. The second-order valence-corrected chi connectivity index (χ2v) is 7.26. The van der Waals surface area contributed by atoms with E-state index in [-0.39, 0.29) is 18.2 Å². The predicted molar refractivity (Wildman–Crippen MR) is 109 cm³/mol. The van der Waals surface area contributed by atoms with Gasteiger partial charge in [-0.05, 0) is 17.7 Å². The number of hydrogen-bond acceptors (Lipinski definition) is 5. The van der Waals surface area contributed by atoms with Crippen molar-refractivity contribution in [2.75, 3.05) is 5.32 Å². The van der Waals surface area contributed by atoms with Crippen molar-refractivity contribution in [1.29, 1.82) is 0 Å². The van der Waals surface area contributed by atoms with Crippen molar-refractivity contribution >= 4 is 29.3 Å². The molecule has 0 saturated carbocycles. The van der Waals surface area contributed by atoms with Crippen molar-refractivity contribution in [3.63, 3.8) is 0 Å². The zero-order valence-electron chi connectivity index (χ0n) is 15.4. The third-order valence-corrected chi connectivity index (χ3v) is 5.41. The fourth-order valence-electron chi connectivity index (χ4n) is 2.64. The highest BCUT2D eigenvalue weighted by molar-refractivity contribution is 8.00. The van der Waals surface area contributed by atoms with Crippen LogP contribution >= 0.6 is 11.8 Å². The van der Waals surface area contributed by atoms with Gasteiger partial charge in [0.25, 0.3) is 0 Å². The molecule has 0 spiro atoms. The average molecular weight is 395 g/mol. The molecular formula is C20H21N5O2S. The van der Waals surface area contributed by atoms with E-state index in [0.717, 1.165) is 11.3 Å². The third-order valence-electron chi connectivity index (χ3n) is 4.13. The minimum atomic E-state index is -0.506. The van der Waals surface area contributed by atoms with E-state index in [1.54, 1.807) is 4.57 Å². The van der Waals surface area contributed by atoms with E-state index in [1.807, 2.05) is 67.7 Å². The van der Waals surface area contributed by atoms with Gasteiger partial charge in [-0.15, -0.1) is 10.2 Å². The molecule has 7 nitrogen and oxygen atoms in total. The second kappa shape index (κ2) is 9.18. The normalized spacial score (nSPS) is 11.8. The summed E-state index contributed by atoms with van der Waals surface area (Å²) >= 11 is 1.31. The molecule has 3 N–H and O–H groups in total. The molecule has 1 aromatic heterocycles. The molecule has 3 rings (SSSR count). The number of aromatic nitrogens is 3. The van der Waals surface area contributed by atoms with Crippen LogP contribution in [0.2, 0.25) is 0 Å². The number of nitrogens with two attached hydrogens (primary N) is 1. The summed E-state index contributed by atoms with van der Waals surface area (Å²) in [6.45, 7) is 0. The van der Waals surface area contributed by atoms with Crippen LogP contribution in [0.25, 0.3) is 0 Å². The van der Waals surface area contributed by atoms with E-state index in [0.29, 0.717) is 17.4 Å². The summed E-state index contributed by atoms with van der Waals surface area (Å²) in [7, 11) is 1.82. The summed E-state index contributed by atoms with van der Waals surface area (Å²) in [5.74, 6) is 0.113. The lowest BCUT2D eigenvalue weighted by Gasteiger charge is -2.16. The maximum absolute atomic E-state index is 13.0. The molecule has 28 heavy (non-hydrogen) atoms. The molecule has 3 aromatic rings. The number of amides is 2. The Labute approximate surface area is 167 Å². The minimum absolute atomic E-state index is 0.149. The van der Waals surface area contributed by atoms with Gasteiger partial charge < -0.3 is 15.6 Å². The number of hydrogen-bond donors (Lipinski definition) is 2. The molecule has 2 amide bonds. The fraction of sp³-hybridized carbons (Fsp3) is 0.200. The first-order valence-electron chi connectivity index (χ1n) is 8.78. The quantitative estimate of drug-likeness (QED) is 0.571. The Morgan fingerprint density at radius 2 is 1.71 bits per heavy atom. The van der Waals surface area contributed by atoms with Crippen LogP contribution in [-0.4, -0.2) is 26.6 Å². The Hall–Kier alpha value is -3.13. The number of anilines is 1. The Morgan fingerprint density at radius 1 is 1.07 bits per heavy atom. The monoisotopic (exact) mass is 395 g/mol. The van der Waals surface area contributed by atoms with Crippen molar-refractivity contribution in [2.24, 2.45) is 12.8 Å². The van der Waals surface area contributed by atoms with Gasteiger partial charge >= 0.3 is 0 Å². The molecule has 0 bridgehead atoms. The van der Waals surface area contributed by atoms with Gasteiger partial charge in [0, 0.05) is 25.6 Å². The lowest BCUT2D eigenvalue weighted by molar-refractivity contribution is -0.118. The molecule has 0 radical (unpaired) electrons. The highest BCUT2D eigenvalue weighted by Crippen LogP contribution is 2.35. The molecule has 0 aliphatic heterocycles. The number of nitrogens with one attached hydrogen (secondary N) is 1. The van der Waals surface area contributed by atoms with Gasteiger partial charge in [0.2, 0.25) is 11.8 Å². The Balaban J connectivity index is 1.82. The van der Waals surface area contributed by atoms with Gasteiger partial charge in [0.1, 0.15) is 11.1 Å². The minimum Gasteiger partial charge on any atom is -0.370 e. The molecule has 0 fully saturated rings. The molecule has 0 unspecified atom stereocenters. The average Bonchev–Trinajstić information content (AvgIpc) is 3.05. The number of benzene rings is 2. The van der Waals surface area contributed by atoms with Crippen molar-refractivity contribution in [1.82, 2.24) is 14.8 Å². The van der Waals surface area contributed by atoms with Gasteiger partial charge in [-0.3, -0.25) is 9.59 Å². The van der Waals surface area contributed by atoms with E-state index >= 15 is 0 Å². The molecule has 0 aliphatic rings. The van der Waals surface area contributed by atoms with Crippen LogP contribution in [-0.2, 0) is 23.1 Å². The molecule has 1 heterocycles. The van der Waals surface area contributed by atoms with Crippen molar-refractivity contribution in [3.05, 3.63) is 72.1 Å². The zero-order chi connectivity index (χ0) is 19.9. The fourth-order valence-corrected chi connectivity index (χ4v) is 3.66. The van der Waals surface area contributed by atoms with Crippen LogP contribution in [0.3, 0.4) is 0 Å². The van der Waals surface area contributed by atoms with Crippen molar-refractivity contribution in [3.8, 4) is 0 Å².